The lowest BCUT2D eigenvalue weighted by Gasteiger charge is -2.22. The van der Waals surface area contributed by atoms with Crippen molar-refractivity contribution < 1.29 is 4.79 Å². The number of rotatable bonds is 2. The molecule has 112 valence electrons. The molecular formula is C15H16N6O. The smallest absolute Gasteiger partial charge is 0.255 e. The molecule has 4 heterocycles. The number of nitrogens with zero attached hydrogens (tertiary/aromatic N) is 5. The highest BCUT2D eigenvalue weighted by atomic mass is 16.2. The quantitative estimate of drug-likeness (QED) is 0.781. The lowest BCUT2D eigenvalue weighted by molar-refractivity contribution is 0.0729. The van der Waals surface area contributed by atoms with Crippen LogP contribution in [-0.2, 0) is 0 Å². The third-order valence-corrected chi connectivity index (χ3v) is 4.08. The van der Waals surface area contributed by atoms with E-state index >= 15 is 0 Å². The number of hydrogen-bond donors (Lipinski definition) is 1. The molecule has 1 atom stereocenters. The molecule has 1 N–H and O–H groups in total. The summed E-state index contributed by atoms with van der Waals surface area (Å²) in [5.74, 6) is 1.49. The van der Waals surface area contributed by atoms with Crippen molar-refractivity contribution in [2.24, 2.45) is 0 Å². The number of imidazole rings is 1. The Balaban J connectivity index is 1.65. The fourth-order valence-electron chi connectivity index (χ4n) is 3.00. The van der Waals surface area contributed by atoms with Crippen LogP contribution in [0.1, 0.15) is 40.9 Å². The van der Waals surface area contributed by atoms with Gasteiger partial charge >= 0.3 is 0 Å². The van der Waals surface area contributed by atoms with Gasteiger partial charge in [-0.1, -0.05) is 0 Å². The molecule has 22 heavy (non-hydrogen) atoms. The lowest BCUT2D eigenvalue weighted by atomic mass is 10.2. The first-order valence-electron chi connectivity index (χ1n) is 7.34. The number of nitrogens with one attached hydrogen (secondary N) is 1. The van der Waals surface area contributed by atoms with E-state index in [2.05, 4.69) is 20.2 Å². The van der Waals surface area contributed by atoms with Gasteiger partial charge in [0.05, 0.1) is 29.6 Å². The molecule has 7 nitrogen and oxygen atoms in total. The van der Waals surface area contributed by atoms with Gasteiger partial charge in [0.15, 0.2) is 5.82 Å². The number of aromatic amines is 1. The van der Waals surface area contributed by atoms with Crippen LogP contribution in [0.2, 0.25) is 0 Å². The second-order valence-electron chi connectivity index (χ2n) is 5.58. The van der Waals surface area contributed by atoms with Crippen molar-refractivity contribution in [1.82, 2.24) is 29.5 Å². The predicted octanol–water partition coefficient (Wildman–Crippen LogP) is 1.74. The molecule has 1 amide bonds. The monoisotopic (exact) mass is 296 g/mol. The fourth-order valence-corrected chi connectivity index (χ4v) is 3.00. The maximum atomic E-state index is 12.8. The van der Waals surface area contributed by atoms with E-state index in [0.717, 1.165) is 30.7 Å². The number of carbonyl (C=O) groups is 1. The molecule has 0 unspecified atom stereocenters. The van der Waals surface area contributed by atoms with Crippen LogP contribution in [0.3, 0.4) is 0 Å². The van der Waals surface area contributed by atoms with Gasteiger partial charge in [0.1, 0.15) is 5.82 Å². The van der Waals surface area contributed by atoms with E-state index in [1.165, 1.54) is 0 Å². The molecule has 1 fully saturated rings. The number of carbonyl (C=O) groups excluding carboxylic acids is 1. The van der Waals surface area contributed by atoms with Crippen molar-refractivity contribution in [3.63, 3.8) is 0 Å². The molecule has 3 aromatic rings. The second-order valence-corrected chi connectivity index (χ2v) is 5.58. The Morgan fingerprint density at radius 1 is 1.41 bits per heavy atom. The van der Waals surface area contributed by atoms with Crippen LogP contribution in [0.25, 0.3) is 5.52 Å². The van der Waals surface area contributed by atoms with Crippen LogP contribution >= 0.6 is 0 Å². The average molecular weight is 296 g/mol. The summed E-state index contributed by atoms with van der Waals surface area (Å²) in [6, 6.07) is 3.70. The Bertz CT molecular complexity index is 835. The van der Waals surface area contributed by atoms with Crippen molar-refractivity contribution in [2.75, 3.05) is 6.54 Å². The Labute approximate surface area is 127 Å². The Morgan fingerprint density at radius 2 is 2.32 bits per heavy atom. The van der Waals surface area contributed by atoms with E-state index in [4.69, 9.17) is 0 Å². The molecule has 0 bridgehead atoms. The van der Waals surface area contributed by atoms with Crippen LogP contribution in [0.5, 0.6) is 0 Å². The normalized spacial score (nSPS) is 18.2. The Hall–Kier alpha value is -2.70. The molecule has 0 aliphatic carbocycles. The lowest BCUT2D eigenvalue weighted by Crippen LogP contribution is -2.31. The highest BCUT2D eigenvalue weighted by Gasteiger charge is 2.33. The van der Waals surface area contributed by atoms with Crippen LogP contribution in [0.15, 0.2) is 30.9 Å². The number of likely N-dealkylation sites (tertiary alicyclic amines) is 1. The zero-order valence-corrected chi connectivity index (χ0v) is 12.2. The summed E-state index contributed by atoms with van der Waals surface area (Å²) in [5.41, 5.74) is 1.63. The molecule has 1 aliphatic heterocycles. The summed E-state index contributed by atoms with van der Waals surface area (Å²) in [6.07, 6.45) is 7.16. The minimum atomic E-state index is -0.0454. The van der Waals surface area contributed by atoms with E-state index in [1.54, 1.807) is 12.5 Å². The summed E-state index contributed by atoms with van der Waals surface area (Å²) in [5, 5.41) is 7.07. The first-order valence-corrected chi connectivity index (χ1v) is 7.34. The van der Waals surface area contributed by atoms with Gasteiger partial charge in [0.25, 0.3) is 5.91 Å². The molecule has 0 spiro atoms. The van der Waals surface area contributed by atoms with Gasteiger partial charge in [-0.05, 0) is 31.9 Å². The predicted molar refractivity (Wildman–Crippen MR) is 79.3 cm³/mol. The zero-order valence-electron chi connectivity index (χ0n) is 12.2. The maximum Gasteiger partial charge on any atom is 0.255 e. The first kappa shape index (κ1) is 13.0. The van der Waals surface area contributed by atoms with Crippen molar-refractivity contribution in [3.8, 4) is 0 Å². The van der Waals surface area contributed by atoms with Gasteiger partial charge in [-0.25, -0.2) is 9.97 Å². The van der Waals surface area contributed by atoms with Crippen LogP contribution in [-0.4, -0.2) is 41.9 Å². The standard InChI is InChI=1S/C15H16N6O/c1-10-17-14(19-18-10)13-3-2-6-21(13)15(22)11-4-5-12-7-16-9-20(12)8-11/h4-5,7-9,13H,2-3,6H2,1H3,(H,17,18,19)/t13-/m0/s1. The minimum absolute atomic E-state index is 0.0144. The maximum absolute atomic E-state index is 12.8. The number of aromatic nitrogens is 5. The largest absolute Gasteiger partial charge is 0.328 e. The Kier molecular flexibility index (Phi) is 2.92. The van der Waals surface area contributed by atoms with Crippen LogP contribution < -0.4 is 0 Å². The molecule has 0 radical (unpaired) electrons. The molecule has 7 heteroatoms. The first-order chi connectivity index (χ1) is 10.7. The van der Waals surface area contributed by atoms with Crippen molar-refractivity contribution in [3.05, 3.63) is 48.1 Å². The van der Waals surface area contributed by atoms with Crippen molar-refractivity contribution in [1.29, 1.82) is 0 Å². The summed E-state index contributed by atoms with van der Waals surface area (Å²) >= 11 is 0. The highest BCUT2D eigenvalue weighted by molar-refractivity contribution is 5.94. The van der Waals surface area contributed by atoms with Crippen LogP contribution in [0, 0.1) is 6.92 Å². The summed E-state index contributed by atoms with van der Waals surface area (Å²) in [7, 11) is 0. The van der Waals surface area contributed by atoms with Crippen molar-refractivity contribution >= 4 is 11.4 Å². The number of pyridine rings is 1. The number of H-pyrrole nitrogens is 1. The van der Waals surface area contributed by atoms with Gasteiger partial charge in [-0.3, -0.25) is 9.89 Å². The third kappa shape index (κ3) is 2.05. The molecule has 1 saturated heterocycles. The molecule has 1 aliphatic rings. The average Bonchev–Trinajstić information content (AvgIpc) is 3.25. The van der Waals surface area contributed by atoms with E-state index in [1.807, 2.05) is 34.6 Å². The summed E-state index contributed by atoms with van der Waals surface area (Å²) < 4.78 is 1.86. The molecular weight excluding hydrogens is 280 g/mol. The van der Waals surface area contributed by atoms with E-state index in [-0.39, 0.29) is 11.9 Å². The number of fused-ring (bicyclic) bond motifs is 1. The van der Waals surface area contributed by atoms with E-state index in [9.17, 15) is 4.79 Å². The molecule has 3 aromatic heterocycles. The third-order valence-electron chi connectivity index (χ3n) is 4.08. The summed E-state index contributed by atoms with van der Waals surface area (Å²) in [6.45, 7) is 2.60. The molecule has 0 saturated carbocycles. The number of aryl methyl sites for hydroxylation is 1. The van der Waals surface area contributed by atoms with Gasteiger partial charge in [-0.2, -0.15) is 5.10 Å². The molecule has 4 rings (SSSR count). The SMILES string of the molecule is Cc1nc([C@@H]2CCCN2C(=O)c2ccc3cncn3c2)n[nH]1. The number of amides is 1. The zero-order chi connectivity index (χ0) is 15.1. The van der Waals surface area contributed by atoms with E-state index in [0.29, 0.717) is 11.4 Å². The van der Waals surface area contributed by atoms with Gasteiger partial charge in [0, 0.05) is 12.7 Å². The topological polar surface area (TPSA) is 79.2 Å². The second kappa shape index (κ2) is 4.94. The van der Waals surface area contributed by atoms with Gasteiger partial charge in [-0.15, -0.1) is 0 Å². The highest BCUT2D eigenvalue weighted by Crippen LogP contribution is 2.31. The Morgan fingerprint density at radius 3 is 3.14 bits per heavy atom. The van der Waals surface area contributed by atoms with Gasteiger partial charge in [0.2, 0.25) is 0 Å². The molecule has 0 aromatic carbocycles. The van der Waals surface area contributed by atoms with Gasteiger partial charge < -0.3 is 9.30 Å². The van der Waals surface area contributed by atoms with Crippen molar-refractivity contribution in [2.45, 2.75) is 25.8 Å². The van der Waals surface area contributed by atoms with E-state index < -0.39 is 0 Å². The minimum Gasteiger partial charge on any atom is -0.328 e. The summed E-state index contributed by atoms with van der Waals surface area (Å²) in [4.78, 5) is 23.2. The number of hydrogen-bond acceptors (Lipinski definition) is 4. The fraction of sp³-hybridized carbons (Fsp3) is 0.333. The van der Waals surface area contributed by atoms with Crippen LogP contribution in [0.4, 0.5) is 0 Å².